The van der Waals surface area contributed by atoms with E-state index in [1.165, 1.54) is 6.07 Å². The van der Waals surface area contributed by atoms with E-state index in [1.54, 1.807) is 6.20 Å². The monoisotopic (exact) mass is 400 g/mol. The standard InChI is InChI=1S/C20H22F2N6O/c1-2-17(29)26-12-4-3-5-13(7-12)27-20-16(22)10-25-19(28-20)15-9-24-18-14(15)6-11(21)8-23-18/h6,8-10,12-13H,2-5,7H2,1H3,(H,23,24)(H,26,29)(H,25,27,28). The van der Waals surface area contributed by atoms with Crippen LogP contribution in [-0.2, 0) is 4.79 Å². The lowest BCUT2D eigenvalue weighted by Gasteiger charge is -2.30. The zero-order valence-corrected chi connectivity index (χ0v) is 16.0. The number of nitrogens with zero attached hydrogens (tertiary/aromatic N) is 3. The normalized spacial score (nSPS) is 19.3. The van der Waals surface area contributed by atoms with Crippen LogP contribution in [0.5, 0.6) is 0 Å². The third-order valence-corrected chi connectivity index (χ3v) is 5.18. The van der Waals surface area contributed by atoms with E-state index in [-0.39, 0.29) is 29.6 Å². The minimum absolute atomic E-state index is 0.00904. The summed E-state index contributed by atoms with van der Waals surface area (Å²) < 4.78 is 28.0. The van der Waals surface area contributed by atoms with Crippen LogP contribution in [0, 0.1) is 11.6 Å². The van der Waals surface area contributed by atoms with Crippen LogP contribution in [0.4, 0.5) is 14.6 Å². The van der Waals surface area contributed by atoms with Crippen molar-refractivity contribution in [3.8, 4) is 11.4 Å². The highest BCUT2D eigenvalue weighted by molar-refractivity contribution is 5.91. The van der Waals surface area contributed by atoms with Gasteiger partial charge in [-0.05, 0) is 31.7 Å². The van der Waals surface area contributed by atoms with Gasteiger partial charge in [0.1, 0.15) is 11.5 Å². The number of H-pyrrole nitrogens is 1. The molecule has 3 aromatic rings. The summed E-state index contributed by atoms with van der Waals surface area (Å²) in [5.74, 6) is -0.634. The van der Waals surface area contributed by atoms with Crippen LogP contribution in [0.1, 0.15) is 39.0 Å². The molecule has 7 nitrogen and oxygen atoms in total. The number of aromatic nitrogens is 4. The summed E-state index contributed by atoms with van der Waals surface area (Å²) >= 11 is 0. The molecule has 1 aliphatic rings. The van der Waals surface area contributed by atoms with Crippen molar-refractivity contribution >= 4 is 22.8 Å². The number of carbonyl (C=O) groups excluding carboxylic acids is 1. The number of carbonyl (C=O) groups is 1. The van der Waals surface area contributed by atoms with E-state index < -0.39 is 11.6 Å². The van der Waals surface area contributed by atoms with E-state index in [1.807, 2.05) is 6.92 Å². The zero-order valence-electron chi connectivity index (χ0n) is 16.0. The minimum atomic E-state index is -0.558. The quantitative estimate of drug-likeness (QED) is 0.609. The van der Waals surface area contributed by atoms with Gasteiger partial charge in [-0.25, -0.2) is 23.7 Å². The van der Waals surface area contributed by atoms with E-state index in [2.05, 4.69) is 30.6 Å². The molecule has 3 heterocycles. The highest BCUT2D eigenvalue weighted by atomic mass is 19.1. The van der Waals surface area contributed by atoms with Crippen molar-refractivity contribution in [3.63, 3.8) is 0 Å². The van der Waals surface area contributed by atoms with Gasteiger partial charge in [0, 0.05) is 35.7 Å². The second-order valence-corrected chi connectivity index (χ2v) is 7.27. The van der Waals surface area contributed by atoms with Crippen molar-refractivity contribution in [2.45, 2.75) is 51.1 Å². The lowest BCUT2D eigenvalue weighted by Crippen LogP contribution is -2.41. The highest BCUT2D eigenvalue weighted by Gasteiger charge is 2.24. The summed E-state index contributed by atoms with van der Waals surface area (Å²) in [6, 6.07) is 1.40. The number of fused-ring (bicyclic) bond motifs is 1. The summed E-state index contributed by atoms with van der Waals surface area (Å²) in [5.41, 5.74) is 1.05. The lowest BCUT2D eigenvalue weighted by atomic mass is 9.91. The zero-order chi connectivity index (χ0) is 20.4. The Labute approximate surface area is 166 Å². The van der Waals surface area contributed by atoms with Crippen LogP contribution in [0.2, 0.25) is 0 Å². The molecule has 0 spiro atoms. The molecular weight excluding hydrogens is 378 g/mol. The molecule has 1 aliphatic carbocycles. The summed E-state index contributed by atoms with van der Waals surface area (Å²) in [5, 5.41) is 6.69. The molecule has 1 amide bonds. The van der Waals surface area contributed by atoms with Gasteiger partial charge in [-0.3, -0.25) is 4.79 Å². The molecular formula is C20H22F2N6O. The molecule has 2 atom stereocenters. The molecule has 3 aromatic heterocycles. The maximum Gasteiger partial charge on any atom is 0.219 e. The van der Waals surface area contributed by atoms with Gasteiger partial charge in [-0.1, -0.05) is 6.92 Å². The van der Waals surface area contributed by atoms with E-state index in [9.17, 15) is 13.6 Å². The Balaban J connectivity index is 1.55. The minimum Gasteiger partial charge on any atom is -0.365 e. The second kappa shape index (κ2) is 8.10. The van der Waals surface area contributed by atoms with Gasteiger partial charge in [0.2, 0.25) is 5.91 Å². The molecule has 9 heteroatoms. The van der Waals surface area contributed by atoms with Crippen LogP contribution in [0.3, 0.4) is 0 Å². The summed E-state index contributed by atoms with van der Waals surface area (Å²) in [6.07, 6.45) is 7.71. The first kappa shape index (κ1) is 19.2. The van der Waals surface area contributed by atoms with E-state index in [4.69, 9.17) is 0 Å². The summed E-state index contributed by atoms with van der Waals surface area (Å²) in [4.78, 5) is 27.0. The molecule has 29 heavy (non-hydrogen) atoms. The fourth-order valence-corrected chi connectivity index (χ4v) is 3.74. The predicted molar refractivity (Wildman–Crippen MR) is 105 cm³/mol. The average molecular weight is 400 g/mol. The largest absolute Gasteiger partial charge is 0.365 e. The third kappa shape index (κ3) is 4.18. The molecule has 0 bridgehead atoms. The van der Waals surface area contributed by atoms with E-state index >= 15 is 0 Å². The number of pyridine rings is 1. The van der Waals surface area contributed by atoms with Gasteiger partial charge < -0.3 is 15.6 Å². The second-order valence-electron chi connectivity index (χ2n) is 7.27. The molecule has 2 unspecified atom stereocenters. The molecule has 1 saturated carbocycles. The Morgan fingerprint density at radius 3 is 2.90 bits per heavy atom. The summed E-state index contributed by atoms with van der Waals surface area (Å²) in [6.45, 7) is 1.82. The topological polar surface area (TPSA) is 95.6 Å². The fourth-order valence-electron chi connectivity index (χ4n) is 3.74. The number of halogens is 2. The average Bonchev–Trinajstić information content (AvgIpc) is 3.13. The number of hydrogen-bond donors (Lipinski definition) is 3. The Bertz CT molecular complexity index is 1040. The van der Waals surface area contributed by atoms with Gasteiger partial charge in [-0.15, -0.1) is 0 Å². The number of amides is 1. The lowest BCUT2D eigenvalue weighted by molar-refractivity contribution is -0.121. The molecule has 0 saturated heterocycles. The molecule has 152 valence electrons. The van der Waals surface area contributed by atoms with E-state index in [0.717, 1.165) is 31.7 Å². The molecule has 3 N–H and O–H groups in total. The van der Waals surface area contributed by atoms with Crippen LogP contribution < -0.4 is 10.6 Å². The van der Waals surface area contributed by atoms with Crippen molar-refractivity contribution in [2.24, 2.45) is 0 Å². The first-order valence-corrected chi connectivity index (χ1v) is 9.75. The fraction of sp³-hybridized carbons (Fsp3) is 0.400. The van der Waals surface area contributed by atoms with Crippen molar-refractivity contribution in [1.29, 1.82) is 0 Å². The van der Waals surface area contributed by atoms with Crippen LogP contribution >= 0.6 is 0 Å². The first-order valence-electron chi connectivity index (χ1n) is 9.75. The van der Waals surface area contributed by atoms with Crippen molar-refractivity contribution < 1.29 is 13.6 Å². The van der Waals surface area contributed by atoms with E-state index in [0.29, 0.717) is 29.4 Å². The van der Waals surface area contributed by atoms with Crippen LogP contribution in [0.25, 0.3) is 22.4 Å². The highest BCUT2D eigenvalue weighted by Crippen LogP contribution is 2.28. The van der Waals surface area contributed by atoms with Gasteiger partial charge >= 0.3 is 0 Å². The maximum atomic E-state index is 14.4. The van der Waals surface area contributed by atoms with Crippen molar-refractivity contribution in [3.05, 3.63) is 36.3 Å². The number of hydrogen-bond acceptors (Lipinski definition) is 5. The van der Waals surface area contributed by atoms with Gasteiger partial charge in [-0.2, -0.15) is 0 Å². The molecule has 1 fully saturated rings. The number of rotatable bonds is 5. The molecule has 0 aromatic carbocycles. The Morgan fingerprint density at radius 2 is 2.07 bits per heavy atom. The van der Waals surface area contributed by atoms with Crippen LogP contribution in [0.15, 0.2) is 24.7 Å². The first-order chi connectivity index (χ1) is 14.0. The maximum absolute atomic E-state index is 14.4. The van der Waals surface area contributed by atoms with Crippen molar-refractivity contribution in [2.75, 3.05) is 5.32 Å². The number of anilines is 1. The Hall–Kier alpha value is -3.10. The van der Waals surface area contributed by atoms with Crippen LogP contribution in [-0.4, -0.2) is 37.9 Å². The van der Waals surface area contributed by atoms with Crippen molar-refractivity contribution in [1.82, 2.24) is 25.3 Å². The summed E-state index contributed by atoms with van der Waals surface area (Å²) in [7, 11) is 0. The predicted octanol–water partition coefficient (Wildman–Crippen LogP) is 3.55. The smallest absolute Gasteiger partial charge is 0.219 e. The molecule has 4 rings (SSSR count). The van der Waals surface area contributed by atoms with Gasteiger partial charge in [0.15, 0.2) is 17.5 Å². The number of nitrogens with one attached hydrogen (secondary N) is 3. The van der Waals surface area contributed by atoms with Gasteiger partial charge in [0.05, 0.1) is 12.4 Å². The number of aromatic amines is 1. The SMILES string of the molecule is CCC(=O)NC1CCCC(Nc2nc(-c3c[nH]c4ncc(F)cc34)ncc2F)C1. The van der Waals surface area contributed by atoms with Gasteiger partial charge in [0.25, 0.3) is 0 Å². The molecule has 0 aliphatic heterocycles. The Kier molecular flexibility index (Phi) is 5.37. The Morgan fingerprint density at radius 1 is 1.24 bits per heavy atom. The molecule has 0 radical (unpaired) electrons. The third-order valence-electron chi connectivity index (χ3n) is 5.18.